The molecule has 3 aromatic carbocycles. The fourth-order valence-corrected chi connectivity index (χ4v) is 6.16. The summed E-state index contributed by atoms with van der Waals surface area (Å²) in [5.41, 5.74) is 3.44. The molecule has 0 spiro atoms. The Bertz CT molecular complexity index is 1240. The van der Waals surface area contributed by atoms with E-state index in [0.29, 0.717) is 18.5 Å². The van der Waals surface area contributed by atoms with Gasteiger partial charge in [-0.15, -0.1) is 4.40 Å². The topological polar surface area (TPSA) is 53.0 Å². The van der Waals surface area contributed by atoms with Crippen molar-refractivity contribution in [3.8, 4) is 0 Å². The molecule has 0 aromatic heterocycles. The van der Waals surface area contributed by atoms with Crippen LogP contribution in [0.25, 0.3) is 0 Å². The molecule has 176 valence electrons. The quantitative estimate of drug-likeness (QED) is 0.504. The zero-order valence-corrected chi connectivity index (χ0v) is 20.4. The van der Waals surface area contributed by atoms with Crippen molar-refractivity contribution < 1.29 is 8.42 Å². The molecule has 0 N–H and O–H groups in total. The van der Waals surface area contributed by atoms with Gasteiger partial charge in [-0.25, -0.2) is 0 Å². The number of benzene rings is 3. The number of hydrogen-bond donors (Lipinski definition) is 0. The van der Waals surface area contributed by atoms with E-state index in [4.69, 9.17) is 0 Å². The van der Waals surface area contributed by atoms with Crippen LogP contribution in [0.4, 0.5) is 0 Å². The zero-order valence-electron chi connectivity index (χ0n) is 19.5. The molecule has 2 atom stereocenters. The van der Waals surface area contributed by atoms with Crippen molar-refractivity contribution in [2.45, 2.75) is 56.1 Å². The Morgan fingerprint density at radius 2 is 1.53 bits per heavy atom. The number of aryl methyl sites for hydroxylation is 1. The van der Waals surface area contributed by atoms with Crippen molar-refractivity contribution in [1.82, 2.24) is 9.80 Å². The largest absolute Gasteiger partial charge is 0.339 e. The maximum atomic E-state index is 13.4. The monoisotopic (exact) mass is 473 g/mol. The van der Waals surface area contributed by atoms with Gasteiger partial charge in [0.15, 0.2) is 0 Å². The minimum Gasteiger partial charge on any atom is -0.339 e. The molecule has 34 heavy (non-hydrogen) atoms. The highest BCUT2D eigenvalue weighted by molar-refractivity contribution is 7.90. The molecule has 0 bridgehead atoms. The first-order chi connectivity index (χ1) is 16.5. The molecule has 5 rings (SSSR count). The molecular weight excluding hydrogens is 442 g/mol. The van der Waals surface area contributed by atoms with Crippen LogP contribution in [-0.2, 0) is 23.0 Å². The number of hydrogen-bond acceptors (Lipinski definition) is 2. The van der Waals surface area contributed by atoms with E-state index in [1.54, 1.807) is 12.1 Å². The van der Waals surface area contributed by atoms with Crippen LogP contribution < -0.4 is 0 Å². The van der Waals surface area contributed by atoms with E-state index < -0.39 is 10.0 Å². The van der Waals surface area contributed by atoms with Gasteiger partial charge in [-0.05, 0) is 55.9 Å². The predicted octanol–water partition coefficient (Wildman–Crippen LogP) is 5.02. The van der Waals surface area contributed by atoms with Crippen LogP contribution in [0.1, 0.15) is 36.0 Å². The van der Waals surface area contributed by atoms with Crippen molar-refractivity contribution in [2.24, 2.45) is 4.40 Å². The Morgan fingerprint density at radius 1 is 0.882 bits per heavy atom. The lowest BCUT2D eigenvalue weighted by atomic mass is 9.94. The van der Waals surface area contributed by atoms with E-state index in [2.05, 4.69) is 50.6 Å². The van der Waals surface area contributed by atoms with Crippen molar-refractivity contribution in [3.05, 3.63) is 102 Å². The number of nitrogens with zero attached hydrogens (tertiary/aromatic N) is 3. The number of rotatable bonds is 6. The van der Waals surface area contributed by atoms with Gasteiger partial charge in [0.1, 0.15) is 0 Å². The van der Waals surface area contributed by atoms with Crippen LogP contribution >= 0.6 is 0 Å². The molecule has 2 saturated heterocycles. The molecule has 2 heterocycles. The summed E-state index contributed by atoms with van der Waals surface area (Å²) in [7, 11) is -3.83. The van der Waals surface area contributed by atoms with E-state index in [0.717, 1.165) is 43.4 Å². The van der Waals surface area contributed by atoms with Gasteiger partial charge in [0.05, 0.1) is 4.90 Å². The summed E-state index contributed by atoms with van der Waals surface area (Å²) in [5, 5.41) is 0. The third-order valence-electron chi connectivity index (χ3n) is 6.91. The summed E-state index contributed by atoms with van der Waals surface area (Å²) in [6.45, 7) is 3.42. The fourth-order valence-electron chi connectivity index (χ4n) is 5.15. The molecule has 0 aliphatic carbocycles. The van der Waals surface area contributed by atoms with Gasteiger partial charge in [-0.3, -0.25) is 0 Å². The summed E-state index contributed by atoms with van der Waals surface area (Å²) in [6, 6.07) is 28.2. The van der Waals surface area contributed by atoms with Crippen LogP contribution in [0.5, 0.6) is 0 Å². The van der Waals surface area contributed by atoms with E-state index in [-0.39, 0.29) is 10.9 Å². The highest BCUT2D eigenvalue weighted by atomic mass is 32.2. The standard InChI is InChI=1S/C28H31N3O2S/c1-22-14-16-27(17-15-22)34(32,33)29-28-30-18-8-13-25(30)20-26(19-23-9-4-2-5-10-23)31(28)21-24-11-6-3-7-12-24/h2-7,9-12,14-17,25-26H,8,13,18-21H2,1H3/b29-28+. The molecule has 2 fully saturated rings. The highest BCUT2D eigenvalue weighted by Gasteiger charge is 2.41. The first-order valence-corrected chi connectivity index (χ1v) is 13.5. The van der Waals surface area contributed by atoms with Gasteiger partial charge in [0.25, 0.3) is 10.0 Å². The summed E-state index contributed by atoms with van der Waals surface area (Å²) in [6.07, 6.45) is 4.01. The third kappa shape index (κ3) is 4.87. The Hall–Kier alpha value is -3.12. The van der Waals surface area contributed by atoms with Gasteiger partial charge in [0, 0.05) is 25.2 Å². The van der Waals surface area contributed by atoms with Crippen molar-refractivity contribution in [3.63, 3.8) is 0 Å². The Morgan fingerprint density at radius 3 is 2.21 bits per heavy atom. The predicted molar refractivity (Wildman–Crippen MR) is 136 cm³/mol. The average molecular weight is 474 g/mol. The maximum Gasteiger partial charge on any atom is 0.285 e. The van der Waals surface area contributed by atoms with E-state index in [1.165, 1.54) is 5.56 Å². The van der Waals surface area contributed by atoms with E-state index >= 15 is 0 Å². The van der Waals surface area contributed by atoms with Gasteiger partial charge < -0.3 is 9.80 Å². The van der Waals surface area contributed by atoms with Crippen molar-refractivity contribution in [1.29, 1.82) is 0 Å². The second kappa shape index (κ2) is 9.63. The van der Waals surface area contributed by atoms with Gasteiger partial charge in [0.2, 0.25) is 5.96 Å². The minimum atomic E-state index is -3.83. The number of guanidine groups is 1. The maximum absolute atomic E-state index is 13.4. The molecular formula is C28H31N3O2S. The Labute approximate surface area is 202 Å². The normalized spacial score (nSPS) is 21.6. The second-order valence-electron chi connectivity index (χ2n) is 9.36. The molecule has 5 nitrogen and oxygen atoms in total. The first-order valence-electron chi connectivity index (χ1n) is 12.0. The highest BCUT2D eigenvalue weighted by Crippen LogP contribution is 2.33. The summed E-state index contributed by atoms with van der Waals surface area (Å²) >= 11 is 0. The molecule has 2 aliphatic heterocycles. The zero-order chi connectivity index (χ0) is 23.5. The fraction of sp³-hybridized carbons (Fsp3) is 0.321. The minimum absolute atomic E-state index is 0.175. The molecule has 0 radical (unpaired) electrons. The number of sulfonamides is 1. The van der Waals surface area contributed by atoms with Gasteiger partial charge in [-0.1, -0.05) is 78.4 Å². The van der Waals surface area contributed by atoms with Crippen LogP contribution in [0.3, 0.4) is 0 Å². The lowest BCUT2D eigenvalue weighted by Crippen LogP contribution is -2.57. The van der Waals surface area contributed by atoms with Gasteiger partial charge in [-0.2, -0.15) is 8.42 Å². The lowest BCUT2D eigenvalue weighted by Gasteiger charge is -2.46. The van der Waals surface area contributed by atoms with Crippen LogP contribution in [0, 0.1) is 6.92 Å². The summed E-state index contributed by atoms with van der Waals surface area (Å²) in [5.74, 6) is 0.596. The smallest absolute Gasteiger partial charge is 0.285 e. The summed E-state index contributed by atoms with van der Waals surface area (Å²) < 4.78 is 31.4. The van der Waals surface area contributed by atoms with E-state index in [9.17, 15) is 8.42 Å². The molecule has 0 amide bonds. The van der Waals surface area contributed by atoms with Crippen molar-refractivity contribution in [2.75, 3.05) is 6.54 Å². The van der Waals surface area contributed by atoms with Crippen LogP contribution in [-0.4, -0.2) is 42.8 Å². The number of fused-ring (bicyclic) bond motifs is 1. The second-order valence-corrected chi connectivity index (χ2v) is 11.0. The molecule has 0 saturated carbocycles. The van der Waals surface area contributed by atoms with Crippen LogP contribution in [0.2, 0.25) is 0 Å². The molecule has 6 heteroatoms. The molecule has 3 aromatic rings. The lowest BCUT2D eigenvalue weighted by molar-refractivity contribution is 0.158. The van der Waals surface area contributed by atoms with E-state index in [1.807, 2.05) is 43.3 Å². The first kappa shape index (κ1) is 22.7. The Balaban J connectivity index is 1.57. The SMILES string of the molecule is Cc1ccc(S(=O)(=O)/N=C2\N3CCCC3CC(Cc3ccccc3)N2Cc2ccccc2)cc1. The Kier molecular flexibility index (Phi) is 6.42. The third-order valence-corrected chi connectivity index (χ3v) is 8.18. The average Bonchev–Trinajstić information content (AvgIpc) is 3.31. The van der Waals surface area contributed by atoms with Crippen molar-refractivity contribution >= 4 is 16.0 Å². The molecule has 2 unspecified atom stereocenters. The molecule has 2 aliphatic rings. The summed E-state index contributed by atoms with van der Waals surface area (Å²) in [4.78, 5) is 4.71. The van der Waals surface area contributed by atoms with Gasteiger partial charge >= 0.3 is 0 Å². The van der Waals surface area contributed by atoms with Crippen LogP contribution in [0.15, 0.2) is 94.2 Å².